The molecule has 1 spiro atoms. The maximum absolute atomic E-state index is 14.6. The van der Waals surface area contributed by atoms with Gasteiger partial charge in [-0.2, -0.15) is 0 Å². The van der Waals surface area contributed by atoms with Crippen molar-refractivity contribution in [1.29, 1.82) is 0 Å². The second-order valence-electron chi connectivity index (χ2n) is 13.5. The Bertz CT molecular complexity index is 1670. The number of halogens is 1. The van der Waals surface area contributed by atoms with Crippen molar-refractivity contribution in [2.24, 2.45) is 16.2 Å². The molecule has 2 heterocycles. The predicted molar refractivity (Wildman–Crippen MR) is 179 cm³/mol. The third-order valence-corrected chi connectivity index (χ3v) is 12.2. The summed E-state index contributed by atoms with van der Waals surface area (Å²) >= 11 is 6.44. The fourth-order valence-electron chi connectivity index (χ4n) is 7.29. The summed E-state index contributed by atoms with van der Waals surface area (Å²) < 4.78 is 39.9. The molecule has 1 fully saturated rings. The van der Waals surface area contributed by atoms with E-state index in [0.29, 0.717) is 30.7 Å². The largest absolute Gasteiger partial charge is 0.490 e. The SMILES string of the molecule is CCC(=O)NS1(=O)=NC(=O)C(C)(C)OCC=C[C@@H](OC)[C@@H]2CC[C@H]2CN2C[C@@]3(CCCc4cc(Cl)ccc43)COc3ccc1cc32. The van der Waals surface area contributed by atoms with Crippen LogP contribution in [0.5, 0.6) is 5.75 Å². The van der Waals surface area contributed by atoms with Crippen LogP contribution in [-0.2, 0) is 40.8 Å². The van der Waals surface area contributed by atoms with Crippen molar-refractivity contribution in [2.75, 3.05) is 38.3 Å². The van der Waals surface area contributed by atoms with Crippen LogP contribution in [0.15, 0.2) is 57.8 Å². The first-order valence-corrected chi connectivity index (χ1v) is 18.1. The number of benzene rings is 2. The first kappa shape index (κ1) is 33.0. The van der Waals surface area contributed by atoms with Gasteiger partial charge in [0.15, 0.2) is 9.92 Å². The molecule has 2 aromatic rings. The molecular formula is C35H44ClN3O6S. The van der Waals surface area contributed by atoms with Gasteiger partial charge < -0.3 is 19.1 Å². The highest BCUT2D eigenvalue weighted by Crippen LogP contribution is 2.47. The Morgan fingerprint density at radius 1 is 1.22 bits per heavy atom. The molecule has 2 aromatic carbocycles. The van der Waals surface area contributed by atoms with Gasteiger partial charge in [0.25, 0.3) is 5.91 Å². The van der Waals surface area contributed by atoms with E-state index in [0.717, 1.165) is 49.4 Å². The van der Waals surface area contributed by atoms with Crippen LogP contribution in [0.3, 0.4) is 0 Å². The number of ether oxygens (including phenoxy) is 3. The van der Waals surface area contributed by atoms with Gasteiger partial charge in [0, 0.05) is 37.1 Å². The van der Waals surface area contributed by atoms with Crippen molar-refractivity contribution in [3.8, 4) is 5.75 Å². The smallest absolute Gasteiger partial charge is 0.287 e. The third-order valence-electron chi connectivity index (χ3n) is 10.1. The summed E-state index contributed by atoms with van der Waals surface area (Å²) in [5, 5.41) is 0.731. The molecule has 4 aliphatic rings. The minimum atomic E-state index is -3.71. The number of carbonyl (C=O) groups excluding carboxylic acids is 2. The molecule has 0 aromatic heterocycles. The van der Waals surface area contributed by atoms with Crippen molar-refractivity contribution in [1.82, 2.24) is 4.72 Å². The molecular weight excluding hydrogens is 626 g/mol. The Kier molecular flexibility index (Phi) is 9.28. The first-order valence-electron chi connectivity index (χ1n) is 16.2. The van der Waals surface area contributed by atoms with Crippen molar-refractivity contribution in [3.63, 3.8) is 0 Å². The van der Waals surface area contributed by atoms with Crippen LogP contribution in [0.2, 0.25) is 5.02 Å². The monoisotopic (exact) mass is 669 g/mol. The van der Waals surface area contributed by atoms with Gasteiger partial charge in [-0.15, -0.1) is 4.36 Å². The standard InChI is InChI=1S/C35H44ClN3O6S/c1-5-32(40)37-46(42)26-12-15-31-29(19-26)39(21-35(22-44-31)16-6-8-23-18-25(36)11-14-28(23)35)20-24-10-13-27(24)30(43-4)9-7-17-45-34(2,3)33(41)38-46/h7,9,11-12,14-15,18-19,24,27,30H,5-6,8,10,13,16-17,20-22H2,1-4H3,(H,37,38,40,41,42)/t24-,27+,30+,35-,46?/m0/s1. The van der Waals surface area contributed by atoms with Gasteiger partial charge in [0.2, 0.25) is 5.91 Å². The molecule has 11 heteroatoms. The third kappa shape index (κ3) is 6.33. The van der Waals surface area contributed by atoms with E-state index >= 15 is 0 Å². The average molecular weight is 670 g/mol. The van der Waals surface area contributed by atoms with Crippen LogP contribution < -0.4 is 14.4 Å². The molecule has 1 N–H and O–H groups in total. The second-order valence-corrected chi connectivity index (χ2v) is 15.8. The lowest BCUT2D eigenvalue weighted by Gasteiger charge is -2.46. The molecule has 5 atom stereocenters. The van der Waals surface area contributed by atoms with Gasteiger partial charge in [-0.25, -0.2) is 4.21 Å². The van der Waals surface area contributed by atoms with Gasteiger partial charge in [0.1, 0.15) is 11.4 Å². The molecule has 6 rings (SSSR count). The van der Waals surface area contributed by atoms with Crippen molar-refractivity contribution in [3.05, 3.63) is 64.7 Å². The Balaban J connectivity index is 1.51. The van der Waals surface area contributed by atoms with Crippen LogP contribution >= 0.6 is 11.6 Å². The van der Waals surface area contributed by atoms with E-state index in [2.05, 4.69) is 26.1 Å². The Labute approximate surface area is 277 Å². The van der Waals surface area contributed by atoms with Gasteiger partial charge in [-0.1, -0.05) is 36.7 Å². The summed E-state index contributed by atoms with van der Waals surface area (Å²) in [5.41, 5.74) is 1.62. The number of aryl methyl sites for hydroxylation is 1. The topological polar surface area (TPSA) is 107 Å². The van der Waals surface area contributed by atoms with E-state index in [9.17, 15) is 13.8 Å². The maximum Gasteiger partial charge on any atom is 0.287 e. The van der Waals surface area contributed by atoms with Crippen molar-refractivity contribution in [2.45, 2.75) is 81.3 Å². The van der Waals surface area contributed by atoms with E-state index in [-0.39, 0.29) is 29.4 Å². The molecule has 248 valence electrons. The van der Waals surface area contributed by atoms with E-state index in [1.807, 2.05) is 18.2 Å². The molecule has 1 unspecified atom stereocenters. The summed E-state index contributed by atoms with van der Waals surface area (Å²) in [6, 6.07) is 11.4. The van der Waals surface area contributed by atoms with Gasteiger partial charge in [0.05, 0.1) is 29.9 Å². The molecule has 0 radical (unpaired) electrons. The zero-order chi connectivity index (χ0) is 32.7. The Hall–Kier alpha value is -2.92. The quantitative estimate of drug-likeness (QED) is 0.399. The number of fused-ring (bicyclic) bond motifs is 4. The van der Waals surface area contributed by atoms with E-state index < -0.39 is 27.3 Å². The number of rotatable bonds is 3. The summed E-state index contributed by atoms with van der Waals surface area (Å²) in [5.74, 6) is 0.114. The Morgan fingerprint density at radius 3 is 2.78 bits per heavy atom. The first-order chi connectivity index (χ1) is 22.0. The molecule has 0 saturated heterocycles. The fourth-order valence-corrected chi connectivity index (χ4v) is 9.19. The summed E-state index contributed by atoms with van der Waals surface area (Å²) in [6.45, 7) is 6.92. The second kappa shape index (κ2) is 12.9. The highest BCUT2D eigenvalue weighted by atomic mass is 35.5. The summed E-state index contributed by atoms with van der Waals surface area (Å²) in [7, 11) is -1.98. The molecule has 9 nitrogen and oxygen atoms in total. The van der Waals surface area contributed by atoms with Gasteiger partial charge >= 0.3 is 0 Å². The minimum absolute atomic E-state index is 0.0846. The summed E-state index contributed by atoms with van der Waals surface area (Å²) in [6.07, 6.45) is 8.92. The average Bonchev–Trinajstić information content (AvgIpc) is 3.16. The number of nitrogens with zero attached hydrogens (tertiary/aromatic N) is 2. The molecule has 2 aliphatic carbocycles. The van der Waals surface area contributed by atoms with Crippen molar-refractivity contribution >= 4 is 39.0 Å². The number of anilines is 1. The molecule has 1 saturated carbocycles. The molecule has 2 bridgehead atoms. The van der Waals surface area contributed by atoms with Gasteiger partial charge in [-0.3, -0.25) is 14.3 Å². The fraction of sp³-hybridized carbons (Fsp3) is 0.543. The maximum atomic E-state index is 14.6. The number of hydrogen-bond donors (Lipinski definition) is 1. The number of nitrogens with one attached hydrogen (secondary N) is 1. The van der Waals surface area contributed by atoms with Crippen LogP contribution in [-0.4, -0.2) is 61.1 Å². The van der Waals surface area contributed by atoms with Crippen LogP contribution in [0.1, 0.15) is 64.0 Å². The van der Waals surface area contributed by atoms with Crippen LogP contribution in [0.25, 0.3) is 0 Å². The molecule has 2 amide bonds. The number of carbonyl (C=O) groups is 2. The Morgan fingerprint density at radius 2 is 2.04 bits per heavy atom. The zero-order valence-electron chi connectivity index (χ0n) is 27.1. The number of hydrogen-bond acceptors (Lipinski definition) is 7. The predicted octanol–water partition coefficient (Wildman–Crippen LogP) is 6.01. The highest BCUT2D eigenvalue weighted by molar-refractivity contribution is 7.92. The molecule has 2 aliphatic heterocycles. The van der Waals surface area contributed by atoms with E-state index in [4.69, 9.17) is 25.8 Å². The number of methoxy groups -OCH3 is 1. The van der Waals surface area contributed by atoms with Gasteiger partial charge in [-0.05, 0) is 99.2 Å². The zero-order valence-corrected chi connectivity index (χ0v) is 28.6. The lowest BCUT2D eigenvalue weighted by Crippen LogP contribution is -2.49. The van der Waals surface area contributed by atoms with Crippen LogP contribution in [0.4, 0.5) is 5.69 Å². The lowest BCUT2D eigenvalue weighted by atomic mass is 9.68. The van der Waals surface area contributed by atoms with E-state index in [1.165, 1.54) is 11.1 Å². The normalized spacial score (nSPS) is 30.6. The lowest BCUT2D eigenvalue weighted by molar-refractivity contribution is -0.137. The minimum Gasteiger partial charge on any atom is -0.490 e. The number of amides is 2. The highest BCUT2D eigenvalue weighted by Gasteiger charge is 2.44. The summed E-state index contributed by atoms with van der Waals surface area (Å²) in [4.78, 5) is 28.8. The molecule has 46 heavy (non-hydrogen) atoms. The van der Waals surface area contributed by atoms with E-state index in [1.54, 1.807) is 46.1 Å². The van der Waals surface area contributed by atoms with Crippen molar-refractivity contribution < 1.29 is 28.0 Å². The van der Waals surface area contributed by atoms with Crippen LogP contribution in [0, 0.1) is 11.8 Å².